The highest BCUT2D eigenvalue weighted by atomic mass is 79.9. The number of carbonyl (C=O) groups excluding carboxylic acids is 1. The molecule has 1 amide bonds. The van der Waals surface area contributed by atoms with Crippen molar-refractivity contribution in [1.82, 2.24) is 15.1 Å². The monoisotopic (exact) mass is 398 g/mol. The number of nitrogens with two attached hydrogens (primary N) is 1. The largest absolute Gasteiger partial charge is 0.349 e. The molecule has 5 nitrogen and oxygen atoms in total. The maximum atomic E-state index is 12.2. The van der Waals surface area contributed by atoms with E-state index in [1.807, 2.05) is 31.2 Å². The van der Waals surface area contributed by atoms with Gasteiger partial charge in [-0.2, -0.15) is 5.10 Å². The standard InChI is InChI=1S/C16H19BrN4O.ClH/c1-10-8-15(16(22)19-9-14(18)11-2-3-11)20-21(10)13-6-4-12(17)5-7-13;/h4-8,11,14H,2-3,9,18H2,1H3,(H,19,22);1H. The number of amides is 1. The van der Waals surface area contributed by atoms with Gasteiger partial charge in [-0.15, -0.1) is 12.4 Å². The van der Waals surface area contributed by atoms with Crippen molar-refractivity contribution in [3.63, 3.8) is 0 Å². The number of hydrogen-bond donors (Lipinski definition) is 2. The number of halogens is 2. The minimum atomic E-state index is -0.171. The molecule has 124 valence electrons. The van der Waals surface area contributed by atoms with Gasteiger partial charge in [-0.3, -0.25) is 4.79 Å². The predicted molar refractivity (Wildman–Crippen MR) is 96.3 cm³/mol. The number of rotatable bonds is 5. The normalized spacial score (nSPS) is 14.9. The van der Waals surface area contributed by atoms with Crippen LogP contribution >= 0.6 is 28.3 Å². The van der Waals surface area contributed by atoms with Crippen molar-refractivity contribution in [2.75, 3.05) is 6.54 Å². The van der Waals surface area contributed by atoms with Crippen molar-refractivity contribution in [3.05, 3.63) is 46.2 Å². The van der Waals surface area contributed by atoms with Gasteiger partial charge in [0.1, 0.15) is 0 Å². The van der Waals surface area contributed by atoms with E-state index in [2.05, 4.69) is 26.3 Å². The Morgan fingerprint density at radius 3 is 2.70 bits per heavy atom. The second kappa shape index (κ2) is 7.47. The van der Waals surface area contributed by atoms with Gasteiger partial charge in [0, 0.05) is 22.8 Å². The van der Waals surface area contributed by atoms with Crippen molar-refractivity contribution in [2.24, 2.45) is 11.7 Å². The van der Waals surface area contributed by atoms with E-state index in [-0.39, 0.29) is 24.4 Å². The van der Waals surface area contributed by atoms with E-state index >= 15 is 0 Å². The van der Waals surface area contributed by atoms with Crippen molar-refractivity contribution >= 4 is 34.2 Å². The molecule has 3 rings (SSSR count). The van der Waals surface area contributed by atoms with Gasteiger partial charge in [0.05, 0.1) is 5.69 Å². The summed E-state index contributed by atoms with van der Waals surface area (Å²) < 4.78 is 2.77. The van der Waals surface area contributed by atoms with E-state index in [0.29, 0.717) is 18.2 Å². The molecule has 0 bridgehead atoms. The van der Waals surface area contributed by atoms with Crippen LogP contribution < -0.4 is 11.1 Å². The highest BCUT2D eigenvalue weighted by Gasteiger charge is 2.28. The average Bonchev–Trinajstić information content (AvgIpc) is 3.28. The Bertz CT molecular complexity index is 682. The Balaban J connectivity index is 0.00000192. The number of aromatic nitrogens is 2. The van der Waals surface area contributed by atoms with E-state index in [1.54, 1.807) is 10.7 Å². The van der Waals surface area contributed by atoms with E-state index in [4.69, 9.17) is 5.73 Å². The van der Waals surface area contributed by atoms with Crippen LogP contribution in [0.2, 0.25) is 0 Å². The SMILES string of the molecule is Cc1cc(C(=O)NCC(N)C2CC2)nn1-c1ccc(Br)cc1.Cl. The summed E-state index contributed by atoms with van der Waals surface area (Å²) in [6, 6.07) is 9.65. The minimum absolute atomic E-state index is 0. The summed E-state index contributed by atoms with van der Waals surface area (Å²) in [5.74, 6) is 0.400. The average molecular weight is 400 g/mol. The minimum Gasteiger partial charge on any atom is -0.349 e. The highest BCUT2D eigenvalue weighted by Crippen LogP contribution is 2.31. The molecule has 1 aromatic heterocycles. The Hall–Kier alpha value is -1.37. The number of aryl methyl sites for hydroxylation is 1. The number of nitrogens with one attached hydrogen (secondary N) is 1. The van der Waals surface area contributed by atoms with Crippen LogP contribution in [0.5, 0.6) is 0 Å². The fourth-order valence-electron chi connectivity index (χ4n) is 2.42. The van der Waals surface area contributed by atoms with E-state index in [9.17, 15) is 4.79 Å². The Morgan fingerprint density at radius 1 is 1.43 bits per heavy atom. The zero-order valence-corrected chi connectivity index (χ0v) is 15.2. The van der Waals surface area contributed by atoms with Gasteiger partial charge in [0.2, 0.25) is 0 Å². The molecular weight excluding hydrogens is 380 g/mol. The smallest absolute Gasteiger partial charge is 0.271 e. The third kappa shape index (κ3) is 4.34. The molecule has 1 aromatic carbocycles. The number of carbonyl (C=O) groups is 1. The van der Waals surface area contributed by atoms with E-state index in [0.717, 1.165) is 15.9 Å². The first-order valence-electron chi connectivity index (χ1n) is 7.41. The molecule has 1 aliphatic rings. The van der Waals surface area contributed by atoms with E-state index in [1.165, 1.54) is 12.8 Å². The molecule has 2 aromatic rings. The van der Waals surface area contributed by atoms with Crippen LogP contribution in [0.15, 0.2) is 34.8 Å². The molecule has 0 saturated heterocycles. The van der Waals surface area contributed by atoms with Gasteiger partial charge in [0.25, 0.3) is 5.91 Å². The number of hydrogen-bond acceptors (Lipinski definition) is 3. The summed E-state index contributed by atoms with van der Waals surface area (Å²) in [6.45, 7) is 2.44. The molecule has 23 heavy (non-hydrogen) atoms. The first-order chi connectivity index (χ1) is 10.5. The molecule has 1 atom stereocenters. The molecule has 3 N–H and O–H groups in total. The van der Waals surface area contributed by atoms with Crippen molar-refractivity contribution in [2.45, 2.75) is 25.8 Å². The first-order valence-corrected chi connectivity index (χ1v) is 8.20. The summed E-state index contributed by atoms with van der Waals surface area (Å²) in [6.07, 6.45) is 2.35. The summed E-state index contributed by atoms with van der Waals surface area (Å²) in [5, 5.41) is 7.27. The molecule has 7 heteroatoms. The molecule has 1 fully saturated rings. The quantitative estimate of drug-likeness (QED) is 0.812. The second-order valence-corrected chi connectivity index (χ2v) is 6.69. The molecule has 1 saturated carbocycles. The van der Waals surface area contributed by atoms with Crippen LogP contribution in [-0.4, -0.2) is 28.3 Å². The lowest BCUT2D eigenvalue weighted by molar-refractivity contribution is 0.0945. The Labute approximate surface area is 150 Å². The maximum Gasteiger partial charge on any atom is 0.271 e. The van der Waals surface area contributed by atoms with E-state index < -0.39 is 0 Å². The lowest BCUT2D eigenvalue weighted by Crippen LogP contribution is -2.38. The molecule has 0 aliphatic heterocycles. The molecular formula is C16H20BrClN4O. The summed E-state index contributed by atoms with van der Waals surface area (Å²) in [7, 11) is 0. The fourth-order valence-corrected chi connectivity index (χ4v) is 2.69. The molecule has 1 heterocycles. The maximum absolute atomic E-state index is 12.2. The van der Waals surface area contributed by atoms with Gasteiger partial charge in [0.15, 0.2) is 5.69 Å². The predicted octanol–water partition coefficient (Wildman–Crippen LogP) is 2.83. The second-order valence-electron chi connectivity index (χ2n) is 5.77. The molecule has 1 aliphatic carbocycles. The summed E-state index contributed by atoms with van der Waals surface area (Å²) in [5.41, 5.74) is 8.26. The van der Waals surface area contributed by atoms with Crippen molar-refractivity contribution in [3.8, 4) is 5.69 Å². The van der Waals surface area contributed by atoms with Crippen LogP contribution in [0.25, 0.3) is 5.69 Å². The van der Waals surface area contributed by atoms with Crippen LogP contribution in [-0.2, 0) is 0 Å². The third-order valence-electron chi connectivity index (χ3n) is 3.92. The zero-order chi connectivity index (χ0) is 15.7. The van der Waals surface area contributed by atoms with Gasteiger partial charge in [-0.05, 0) is 56.0 Å². The van der Waals surface area contributed by atoms with Gasteiger partial charge in [-0.25, -0.2) is 4.68 Å². The lowest BCUT2D eigenvalue weighted by atomic mass is 10.2. The third-order valence-corrected chi connectivity index (χ3v) is 4.45. The molecule has 0 spiro atoms. The van der Waals surface area contributed by atoms with Crippen LogP contribution in [0.4, 0.5) is 0 Å². The van der Waals surface area contributed by atoms with Gasteiger partial charge < -0.3 is 11.1 Å². The molecule has 0 radical (unpaired) electrons. The highest BCUT2D eigenvalue weighted by molar-refractivity contribution is 9.10. The Kier molecular flexibility index (Phi) is 5.84. The first kappa shape index (κ1) is 18.0. The molecule has 1 unspecified atom stereocenters. The van der Waals surface area contributed by atoms with Crippen LogP contribution in [0.1, 0.15) is 29.0 Å². The van der Waals surface area contributed by atoms with Gasteiger partial charge in [-0.1, -0.05) is 15.9 Å². The Morgan fingerprint density at radius 2 is 2.09 bits per heavy atom. The zero-order valence-electron chi connectivity index (χ0n) is 12.8. The van der Waals surface area contributed by atoms with Gasteiger partial charge >= 0.3 is 0 Å². The number of nitrogens with zero attached hydrogens (tertiary/aromatic N) is 2. The fraction of sp³-hybridized carbons (Fsp3) is 0.375. The lowest BCUT2D eigenvalue weighted by Gasteiger charge is -2.10. The summed E-state index contributed by atoms with van der Waals surface area (Å²) >= 11 is 3.41. The van der Waals surface area contributed by atoms with Crippen molar-refractivity contribution in [1.29, 1.82) is 0 Å². The summed E-state index contributed by atoms with van der Waals surface area (Å²) in [4.78, 5) is 12.2. The number of benzene rings is 1. The van der Waals surface area contributed by atoms with Crippen LogP contribution in [0, 0.1) is 12.8 Å². The van der Waals surface area contributed by atoms with Crippen LogP contribution in [0.3, 0.4) is 0 Å². The topological polar surface area (TPSA) is 72.9 Å². The van der Waals surface area contributed by atoms with Crippen molar-refractivity contribution < 1.29 is 4.79 Å².